The lowest BCUT2D eigenvalue weighted by Gasteiger charge is -2.31. The zero-order valence-electron chi connectivity index (χ0n) is 11.3. The van der Waals surface area contributed by atoms with Crippen molar-refractivity contribution in [1.82, 2.24) is 4.90 Å². The predicted octanol–water partition coefficient (Wildman–Crippen LogP) is 0.787. The number of benzene rings is 1. The predicted molar refractivity (Wildman–Crippen MR) is 72.8 cm³/mol. The van der Waals surface area contributed by atoms with Crippen molar-refractivity contribution in [2.45, 2.75) is 24.5 Å². The van der Waals surface area contributed by atoms with Gasteiger partial charge in [0.25, 0.3) is 0 Å². The van der Waals surface area contributed by atoms with Crippen LogP contribution < -0.4 is 5.14 Å². The van der Waals surface area contributed by atoms with E-state index < -0.39 is 32.8 Å². The van der Waals surface area contributed by atoms with Crippen LogP contribution in [-0.4, -0.2) is 37.6 Å². The monoisotopic (exact) mass is 318 g/mol. The summed E-state index contributed by atoms with van der Waals surface area (Å²) in [5.74, 6) is -2.50. The summed E-state index contributed by atoms with van der Waals surface area (Å²) in [6.07, 6.45) is 0.607. The normalized spacial score (nSPS) is 19.6. The van der Waals surface area contributed by atoms with Crippen LogP contribution in [0.15, 0.2) is 18.2 Å². The fourth-order valence-electron chi connectivity index (χ4n) is 2.39. The molecular weight excluding hydrogens is 302 g/mol. The van der Waals surface area contributed by atoms with Crippen molar-refractivity contribution < 1.29 is 22.0 Å². The number of carbonyl (C=O) groups excluding carboxylic acids is 1. The van der Waals surface area contributed by atoms with Crippen LogP contribution in [0.3, 0.4) is 0 Å². The minimum Gasteiger partial charge on any atom is -0.341 e. The number of hydrogen-bond acceptors (Lipinski definition) is 3. The van der Waals surface area contributed by atoms with Crippen molar-refractivity contribution >= 4 is 15.9 Å². The Kier molecular flexibility index (Phi) is 4.58. The summed E-state index contributed by atoms with van der Waals surface area (Å²) in [6, 6.07) is 3.63. The number of halogens is 2. The molecule has 2 rings (SSSR count). The van der Waals surface area contributed by atoms with Crippen molar-refractivity contribution in [2.75, 3.05) is 13.1 Å². The summed E-state index contributed by atoms with van der Waals surface area (Å²) in [5.41, 5.74) is -0.0438. The van der Waals surface area contributed by atoms with E-state index in [4.69, 9.17) is 5.14 Å². The van der Waals surface area contributed by atoms with Crippen LogP contribution in [0.4, 0.5) is 8.78 Å². The molecule has 0 bridgehead atoms. The van der Waals surface area contributed by atoms with E-state index in [0.717, 1.165) is 6.07 Å². The van der Waals surface area contributed by atoms with E-state index in [1.807, 2.05) is 0 Å². The highest BCUT2D eigenvalue weighted by Crippen LogP contribution is 2.18. The standard InChI is InChI=1S/C13H16F2N2O3S/c14-11-5-1-3-9(13(11)15)7-12(18)17-6-2-4-10(8-17)21(16,19)20/h1,3,5,10H,2,4,6-8H2,(H2,16,19,20). The van der Waals surface area contributed by atoms with Crippen LogP contribution in [0.2, 0.25) is 0 Å². The molecule has 1 fully saturated rings. The fourth-order valence-corrected chi connectivity index (χ4v) is 3.28. The second-order valence-corrected chi connectivity index (χ2v) is 6.93. The molecule has 8 heteroatoms. The maximum atomic E-state index is 13.5. The van der Waals surface area contributed by atoms with Crippen LogP contribution in [0.5, 0.6) is 0 Å². The van der Waals surface area contributed by atoms with Gasteiger partial charge in [0.2, 0.25) is 15.9 Å². The number of primary sulfonamides is 1. The molecule has 1 saturated heterocycles. The quantitative estimate of drug-likeness (QED) is 0.894. The lowest BCUT2D eigenvalue weighted by molar-refractivity contribution is -0.131. The van der Waals surface area contributed by atoms with E-state index in [2.05, 4.69) is 0 Å². The molecule has 5 nitrogen and oxygen atoms in total. The number of piperidine rings is 1. The number of nitrogens with two attached hydrogens (primary N) is 1. The Morgan fingerprint density at radius 3 is 2.76 bits per heavy atom. The van der Waals surface area contributed by atoms with Gasteiger partial charge in [-0.05, 0) is 18.9 Å². The molecule has 21 heavy (non-hydrogen) atoms. The molecule has 0 aromatic heterocycles. The topological polar surface area (TPSA) is 80.5 Å². The van der Waals surface area contributed by atoms with Crippen molar-refractivity contribution in [3.05, 3.63) is 35.4 Å². The highest BCUT2D eigenvalue weighted by Gasteiger charge is 2.30. The van der Waals surface area contributed by atoms with E-state index in [-0.39, 0.29) is 18.5 Å². The van der Waals surface area contributed by atoms with Gasteiger partial charge in [-0.1, -0.05) is 12.1 Å². The van der Waals surface area contributed by atoms with E-state index >= 15 is 0 Å². The number of likely N-dealkylation sites (tertiary alicyclic amines) is 1. The summed E-state index contributed by atoms with van der Waals surface area (Å²) in [4.78, 5) is 13.4. The van der Waals surface area contributed by atoms with Gasteiger partial charge in [0.05, 0.1) is 11.7 Å². The summed E-state index contributed by atoms with van der Waals surface area (Å²) in [6.45, 7) is 0.385. The first kappa shape index (κ1) is 15.8. The van der Waals surface area contributed by atoms with Crippen LogP contribution in [0.1, 0.15) is 18.4 Å². The van der Waals surface area contributed by atoms with Crippen molar-refractivity contribution in [3.8, 4) is 0 Å². The van der Waals surface area contributed by atoms with Crippen LogP contribution in [-0.2, 0) is 21.2 Å². The van der Waals surface area contributed by atoms with Gasteiger partial charge in [-0.25, -0.2) is 22.3 Å². The number of carbonyl (C=O) groups is 1. The van der Waals surface area contributed by atoms with Crippen molar-refractivity contribution in [2.24, 2.45) is 5.14 Å². The summed E-state index contributed by atoms with van der Waals surface area (Å²) < 4.78 is 49.3. The van der Waals surface area contributed by atoms with Crippen molar-refractivity contribution in [3.63, 3.8) is 0 Å². The van der Waals surface area contributed by atoms with Crippen LogP contribution in [0, 0.1) is 11.6 Å². The molecule has 1 aromatic rings. The fraction of sp³-hybridized carbons (Fsp3) is 0.462. The Bertz CT molecular complexity index is 649. The summed E-state index contributed by atoms with van der Waals surface area (Å²) in [7, 11) is -3.71. The molecular formula is C13H16F2N2O3S. The van der Waals surface area contributed by atoms with Gasteiger partial charge >= 0.3 is 0 Å². The third-order valence-corrected chi connectivity index (χ3v) is 4.88. The molecule has 1 aliphatic rings. The first-order chi connectivity index (χ1) is 9.79. The van der Waals surface area contributed by atoms with Gasteiger partial charge < -0.3 is 4.90 Å². The minimum atomic E-state index is -3.71. The lowest BCUT2D eigenvalue weighted by Crippen LogP contribution is -2.47. The first-order valence-electron chi connectivity index (χ1n) is 6.51. The molecule has 1 heterocycles. The van der Waals surface area contributed by atoms with Gasteiger partial charge in [0.1, 0.15) is 0 Å². The maximum absolute atomic E-state index is 13.5. The van der Waals surface area contributed by atoms with E-state index in [9.17, 15) is 22.0 Å². The smallest absolute Gasteiger partial charge is 0.227 e. The molecule has 1 atom stereocenters. The molecule has 0 saturated carbocycles. The van der Waals surface area contributed by atoms with Crippen LogP contribution in [0.25, 0.3) is 0 Å². The average Bonchev–Trinajstić information content (AvgIpc) is 2.43. The number of nitrogens with zero attached hydrogens (tertiary/aromatic N) is 1. The molecule has 1 unspecified atom stereocenters. The number of sulfonamides is 1. The SMILES string of the molecule is NS(=O)(=O)C1CCCN(C(=O)Cc2cccc(F)c2F)C1. The van der Waals surface area contributed by atoms with Gasteiger partial charge in [-0.3, -0.25) is 4.79 Å². The van der Waals surface area contributed by atoms with E-state index in [1.54, 1.807) is 0 Å². The molecule has 1 amide bonds. The third kappa shape index (κ3) is 3.76. The Balaban J connectivity index is 2.08. The van der Waals surface area contributed by atoms with Crippen LogP contribution >= 0.6 is 0 Å². The highest BCUT2D eigenvalue weighted by molar-refractivity contribution is 7.89. The number of hydrogen-bond donors (Lipinski definition) is 1. The zero-order chi connectivity index (χ0) is 15.6. The van der Waals surface area contributed by atoms with Gasteiger partial charge in [-0.2, -0.15) is 0 Å². The largest absolute Gasteiger partial charge is 0.341 e. The van der Waals surface area contributed by atoms with Gasteiger partial charge in [0, 0.05) is 18.7 Å². The molecule has 0 spiro atoms. The zero-order valence-corrected chi connectivity index (χ0v) is 12.1. The molecule has 0 aliphatic carbocycles. The molecule has 2 N–H and O–H groups in total. The van der Waals surface area contributed by atoms with E-state index in [0.29, 0.717) is 19.4 Å². The van der Waals surface area contributed by atoms with Gasteiger partial charge in [0.15, 0.2) is 11.6 Å². The minimum absolute atomic E-state index is 0.00536. The Labute approximate surface area is 121 Å². The molecule has 116 valence electrons. The Hall–Kier alpha value is -1.54. The lowest BCUT2D eigenvalue weighted by atomic mass is 10.1. The Morgan fingerprint density at radius 2 is 2.10 bits per heavy atom. The second kappa shape index (κ2) is 6.07. The molecule has 1 aliphatic heterocycles. The highest BCUT2D eigenvalue weighted by atomic mass is 32.2. The summed E-state index contributed by atoms with van der Waals surface area (Å²) >= 11 is 0. The first-order valence-corrected chi connectivity index (χ1v) is 8.12. The third-order valence-electron chi connectivity index (χ3n) is 3.57. The molecule has 1 aromatic carbocycles. The molecule has 0 radical (unpaired) electrons. The number of rotatable bonds is 3. The average molecular weight is 318 g/mol. The Morgan fingerprint density at radius 1 is 1.38 bits per heavy atom. The van der Waals surface area contributed by atoms with Crippen molar-refractivity contribution in [1.29, 1.82) is 0 Å². The maximum Gasteiger partial charge on any atom is 0.227 e. The number of amides is 1. The van der Waals surface area contributed by atoms with Gasteiger partial charge in [-0.15, -0.1) is 0 Å². The van der Waals surface area contributed by atoms with E-state index in [1.165, 1.54) is 17.0 Å². The second-order valence-electron chi connectivity index (χ2n) is 5.08. The summed E-state index contributed by atoms with van der Waals surface area (Å²) in [5, 5.41) is 4.30.